The summed E-state index contributed by atoms with van der Waals surface area (Å²) in [6.07, 6.45) is -0.833. The third kappa shape index (κ3) is 3.17. The average Bonchev–Trinajstić information content (AvgIpc) is 2.85. The van der Waals surface area contributed by atoms with E-state index in [1.165, 1.54) is 18.1 Å². The summed E-state index contributed by atoms with van der Waals surface area (Å²) in [5, 5.41) is 8.84. The van der Waals surface area contributed by atoms with Gasteiger partial charge in [0.05, 0.1) is 19.2 Å². The number of rotatable bonds is 3. The van der Waals surface area contributed by atoms with E-state index in [1.807, 2.05) is 0 Å². The molecule has 1 heterocycles. The van der Waals surface area contributed by atoms with Crippen LogP contribution in [-0.4, -0.2) is 48.4 Å². The number of carbonyl (C=O) groups excluding carboxylic acids is 1. The maximum atomic E-state index is 13.4. The van der Waals surface area contributed by atoms with Gasteiger partial charge in [-0.25, -0.2) is 14.0 Å². The zero-order chi connectivity index (χ0) is 14.7. The molecule has 1 aliphatic heterocycles. The van der Waals surface area contributed by atoms with E-state index in [9.17, 15) is 14.0 Å². The standard InChI is InChI=1S/C13H14FNO5/c1-19-12(16)8-4-9(14)6-11(5-8)20-10-2-3-15(7-10)13(17)18/h4-6,10H,2-3,7H2,1H3,(H,17,18)/t10-/m0/s1. The molecule has 1 saturated heterocycles. The number of halogens is 1. The fraction of sp³-hybridized carbons (Fsp3) is 0.385. The number of amides is 1. The summed E-state index contributed by atoms with van der Waals surface area (Å²) in [6.45, 7) is 0.596. The molecule has 0 aromatic heterocycles. The molecule has 0 unspecified atom stereocenters. The lowest BCUT2D eigenvalue weighted by molar-refractivity contribution is 0.0599. The van der Waals surface area contributed by atoms with Crippen LogP contribution >= 0.6 is 0 Å². The van der Waals surface area contributed by atoms with Gasteiger partial charge in [-0.2, -0.15) is 0 Å². The Labute approximate surface area is 114 Å². The summed E-state index contributed by atoms with van der Waals surface area (Å²) in [7, 11) is 1.20. The van der Waals surface area contributed by atoms with Crippen LogP contribution in [0.3, 0.4) is 0 Å². The van der Waals surface area contributed by atoms with E-state index in [0.29, 0.717) is 13.0 Å². The molecular weight excluding hydrogens is 269 g/mol. The first-order chi connectivity index (χ1) is 9.49. The minimum absolute atomic E-state index is 0.0515. The number of carbonyl (C=O) groups is 2. The van der Waals surface area contributed by atoms with Gasteiger partial charge in [0.2, 0.25) is 0 Å². The maximum Gasteiger partial charge on any atom is 0.407 e. The van der Waals surface area contributed by atoms with Crippen molar-refractivity contribution in [3.05, 3.63) is 29.6 Å². The molecule has 0 bridgehead atoms. The molecule has 1 N–H and O–H groups in total. The lowest BCUT2D eigenvalue weighted by Crippen LogP contribution is -2.29. The molecule has 1 aromatic carbocycles. The zero-order valence-electron chi connectivity index (χ0n) is 10.8. The average molecular weight is 283 g/mol. The van der Waals surface area contributed by atoms with Crippen LogP contribution in [0.4, 0.5) is 9.18 Å². The number of ether oxygens (including phenoxy) is 2. The summed E-state index contributed by atoms with van der Waals surface area (Å²) in [6, 6.07) is 3.57. The van der Waals surface area contributed by atoms with Gasteiger partial charge in [-0.1, -0.05) is 0 Å². The van der Waals surface area contributed by atoms with E-state index in [4.69, 9.17) is 9.84 Å². The van der Waals surface area contributed by atoms with Crippen LogP contribution in [0.25, 0.3) is 0 Å². The van der Waals surface area contributed by atoms with Crippen LogP contribution in [0.2, 0.25) is 0 Å². The van der Waals surface area contributed by atoms with Gasteiger partial charge >= 0.3 is 12.1 Å². The van der Waals surface area contributed by atoms with Gasteiger partial charge in [-0.3, -0.25) is 0 Å². The van der Waals surface area contributed by atoms with Gasteiger partial charge in [0, 0.05) is 19.0 Å². The molecule has 1 fully saturated rings. The van der Waals surface area contributed by atoms with Crippen LogP contribution in [0, 0.1) is 5.82 Å². The Morgan fingerprint density at radius 3 is 2.75 bits per heavy atom. The molecule has 1 aromatic rings. The second-order valence-electron chi connectivity index (χ2n) is 4.42. The number of methoxy groups -OCH3 is 1. The lowest BCUT2D eigenvalue weighted by Gasteiger charge is -2.15. The van der Waals surface area contributed by atoms with Crippen LogP contribution in [-0.2, 0) is 4.74 Å². The van der Waals surface area contributed by atoms with Crippen molar-refractivity contribution in [3.8, 4) is 5.75 Å². The summed E-state index contributed by atoms with van der Waals surface area (Å²) in [4.78, 5) is 23.4. The lowest BCUT2D eigenvalue weighted by atomic mass is 10.2. The predicted octanol–water partition coefficient (Wildman–Crippen LogP) is 1.74. The Balaban J connectivity index is 2.08. The summed E-state index contributed by atoms with van der Waals surface area (Å²) in [5.41, 5.74) is 0.0515. The van der Waals surface area contributed by atoms with Crippen molar-refractivity contribution in [2.24, 2.45) is 0 Å². The van der Waals surface area contributed by atoms with Crippen LogP contribution in [0.5, 0.6) is 5.75 Å². The third-order valence-corrected chi connectivity index (χ3v) is 3.01. The molecule has 1 amide bonds. The molecule has 0 spiro atoms. The summed E-state index contributed by atoms with van der Waals surface area (Å²) >= 11 is 0. The highest BCUT2D eigenvalue weighted by Crippen LogP contribution is 2.21. The maximum absolute atomic E-state index is 13.4. The van der Waals surface area contributed by atoms with Gasteiger partial charge in [0.1, 0.15) is 17.7 Å². The molecule has 0 radical (unpaired) electrons. The number of carboxylic acid groups (broad SMARTS) is 1. The number of benzene rings is 1. The van der Waals surface area contributed by atoms with Gasteiger partial charge in [-0.05, 0) is 12.1 Å². The monoisotopic (exact) mass is 283 g/mol. The van der Waals surface area contributed by atoms with E-state index in [-0.39, 0.29) is 24.0 Å². The Morgan fingerprint density at radius 1 is 1.40 bits per heavy atom. The van der Waals surface area contributed by atoms with E-state index in [2.05, 4.69) is 4.74 Å². The smallest absolute Gasteiger partial charge is 0.407 e. The Hall–Kier alpha value is -2.31. The molecule has 20 heavy (non-hydrogen) atoms. The van der Waals surface area contributed by atoms with Crippen LogP contribution in [0.15, 0.2) is 18.2 Å². The quantitative estimate of drug-likeness (QED) is 0.855. The third-order valence-electron chi connectivity index (χ3n) is 3.01. The Morgan fingerprint density at radius 2 is 2.15 bits per heavy atom. The Bertz CT molecular complexity index is 533. The van der Waals surface area contributed by atoms with Crippen molar-refractivity contribution in [1.82, 2.24) is 4.90 Å². The highest BCUT2D eigenvalue weighted by Gasteiger charge is 2.27. The topological polar surface area (TPSA) is 76.1 Å². The van der Waals surface area contributed by atoms with Crippen molar-refractivity contribution >= 4 is 12.1 Å². The predicted molar refractivity (Wildman–Crippen MR) is 66.4 cm³/mol. The van der Waals surface area contributed by atoms with Crippen molar-refractivity contribution in [2.75, 3.05) is 20.2 Å². The molecule has 7 heteroatoms. The number of hydrogen-bond donors (Lipinski definition) is 1. The van der Waals surface area contributed by atoms with Crippen molar-refractivity contribution < 1.29 is 28.6 Å². The molecule has 2 rings (SSSR count). The fourth-order valence-electron chi connectivity index (χ4n) is 2.06. The van der Waals surface area contributed by atoms with Crippen molar-refractivity contribution in [2.45, 2.75) is 12.5 Å². The fourth-order valence-corrected chi connectivity index (χ4v) is 2.06. The zero-order valence-corrected chi connectivity index (χ0v) is 10.8. The molecule has 0 saturated carbocycles. The molecule has 1 atom stereocenters. The first-order valence-electron chi connectivity index (χ1n) is 6.03. The van der Waals surface area contributed by atoms with Gasteiger partial charge in [-0.15, -0.1) is 0 Å². The second-order valence-corrected chi connectivity index (χ2v) is 4.42. The van der Waals surface area contributed by atoms with Crippen molar-refractivity contribution in [1.29, 1.82) is 0 Å². The molecule has 6 nitrogen and oxygen atoms in total. The van der Waals surface area contributed by atoms with Crippen molar-refractivity contribution in [3.63, 3.8) is 0 Å². The minimum atomic E-state index is -1.01. The van der Waals surface area contributed by atoms with Gasteiger partial charge < -0.3 is 19.5 Å². The normalized spacial score (nSPS) is 17.9. The largest absolute Gasteiger partial charge is 0.488 e. The molecule has 1 aliphatic rings. The first kappa shape index (κ1) is 14.1. The number of nitrogens with zero attached hydrogens (tertiary/aromatic N) is 1. The highest BCUT2D eigenvalue weighted by atomic mass is 19.1. The van der Waals surface area contributed by atoms with Gasteiger partial charge in [0.15, 0.2) is 0 Å². The van der Waals surface area contributed by atoms with Crippen LogP contribution < -0.4 is 4.74 Å². The molecule has 108 valence electrons. The number of likely N-dealkylation sites (tertiary alicyclic amines) is 1. The second kappa shape index (κ2) is 5.77. The van der Waals surface area contributed by atoms with E-state index in [0.717, 1.165) is 12.1 Å². The summed E-state index contributed by atoms with van der Waals surface area (Å²) in [5.74, 6) is -1.09. The van der Waals surface area contributed by atoms with Crippen LogP contribution in [0.1, 0.15) is 16.8 Å². The minimum Gasteiger partial charge on any atom is -0.488 e. The molecule has 0 aliphatic carbocycles. The number of hydrogen-bond acceptors (Lipinski definition) is 4. The van der Waals surface area contributed by atoms with E-state index >= 15 is 0 Å². The molecular formula is C13H14FNO5. The number of esters is 1. The van der Waals surface area contributed by atoms with Gasteiger partial charge in [0.25, 0.3) is 0 Å². The summed E-state index contributed by atoms with van der Waals surface area (Å²) < 4.78 is 23.4. The Kier molecular flexibility index (Phi) is 4.07. The highest BCUT2D eigenvalue weighted by molar-refractivity contribution is 5.89. The SMILES string of the molecule is COC(=O)c1cc(F)cc(O[C@H]2CCN(C(=O)O)C2)c1. The van der Waals surface area contributed by atoms with E-state index < -0.39 is 17.9 Å². The van der Waals surface area contributed by atoms with E-state index in [1.54, 1.807) is 0 Å². The first-order valence-corrected chi connectivity index (χ1v) is 6.03.